The highest BCUT2D eigenvalue weighted by Crippen LogP contribution is 2.30. The van der Waals surface area contributed by atoms with E-state index < -0.39 is 11.4 Å². The number of hydrogen-bond acceptors (Lipinski definition) is 3. The monoisotopic (exact) mass is 354 g/mol. The molecule has 0 aliphatic carbocycles. The minimum Gasteiger partial charge on any atom is -0.481 e. The van der Waals surface area contributed by atoms with Crippen molar-refractivity contribution < 1.29 is 19.4 Å². The fraction of sp³-hybridized carbons (Fsp3) is 0.300. The fourth-order valence-electron chi connectivity index (χ4n) is 2.96. The number of urea groups is 1. The molecule has 2 aromatic rings. The van der Waals surface area contributed by atoms with Crippen molar-refractivity contribution in [2.24, 2.45) is 5.41 Å². The van der Waals surface area contributed by atoms with Gasteiger partial charge in [0, 0.05) is 25.2 Å². The number of rotatable bonds is 5. The van der Waals surface area contributed by atoms with Crippen molar-refractivity contribution in [3.8, 4) is 11.5 Å². The molecule has 1 aliphatic heterocycles. The van der Waals surface area contributed by atoms with E-state index in [2.05, 4.69) is 5.32 Å². The van der Waals surface area contributed by atoms with Crippen molar-refractivity contribution in [1.82, 2.24) is 10.2 Å². The summed E-state index contributed by atoms with van der Waals surface area (Å²) in [4.78, 5) is 25.2. The normalized spacial score (nSPS) is 19.2. The molecular weight excluding hydrogens is 332 g/mol. The predicted octanol–water partition coefficient (Wildman–Crippen LogP) is 3.49. The topological polar surface area (TPSA) is 78.9 Å². The quantitative estimate of drug-likeness (QED) is 0.861. The number of carboxylic acid groups (broad SMARTS) is 1. The third-order valence-electron chi connectivity index (χ3n) is 4.65. The Morgan fingerprint density at radius 2 is 1.85 bits per heavy atom. The molecule has 1 saturated heterocycles. The van der Waals surface area contributed by atoms with Crippen LogP contribution in [0, 0.1) is 5.41 Å². The number of likely N-dealkylation sites (tertiary alicyclic amines) is 1. The fourth-order valence-corrected chi connectivity index (χ4v) is 2.96. The second-order valence-electron chi connectivity index (χ2n) is 6.72. The van der Waals surface area contributed by atoms with Crippen LogP contribution in [0.4, 0.5) is 4.79 Å². The summed E-state index contributed by atoms with van der Waals surface area (Å²) in [5, 5.41) is 12.1. The van der Waals surface area contributed by atoms with Crippen LogP contribution in [0.1, 0.15) is 18.9 Å². The summed E-state index contributed by atoms with van der Waals surface area (Å²) in [6.45, 7) is 2.64. The molecule has 0 aromatic heterocycles. The number of hydrogen-bond donors (Lipinski definition) is 2. The Kier molecular flexibility index (Phi) is 5.11. The lowest BCUT2D eigenvalue weighted by atomic mass is 9.90. The predicted molar refractivity (Wildman–Crippen MR) is 97.1 cm³/mol. The first-order valence-corrected chi connectivity index (χ1v) is 8.55. The van der Waals surface area contributed by atoms with Gasteiger partial charge in [0.15, 0.2) is 0 Å². The average Bonchev–Trinajstić information content (AvgIpc) is 3.05. The second kappa shape index (κ2) is 7.47. The number of aliphatic carboxylic acids is 1. The summed E-state index contributed by atoms with van der Waals surface area (Å²) in [5.74, 6) is 0.535. The zero-order valence-electron chi connectivity index (χ0n) is 14.6. The van der Waals surface area contributed by atoms with Crippen LogP contribution in [0.25, 0.3) is 0 Å². The van der Waals surface area contributed by atoms with Crippen LogP contribution in [0.15, 0.2) is 54.6 Å². The van der Waals surface area contributed by atoms with Crippen molar-refractivity contribution in [1.29, 1.82) is 0 Å². The maximum atomic E-state index is 12.4. The van der Waals surface area contributed by atoms with Crippen LogP contribution in [-0.4, -0.2) is 35.1 Å². The number of carboxylic acids is 1. The number of nitrogens with one attached hydrogen (secondary N) is 1. The Labute approximate surface area is 152 Å². The van der Waals surface area contributed by atoms with Crippen molar-refractivity contribution in [3.63, 3.8) is 0 Å². The molecule has 2 N–H and O–H groups in total. The van der Waals surface area contributed by atoms with Crippen LogP contribution in [0.5, 0.6) is 11.5 Å². The van der Waals surface area contributed by atoms with Gasteiger partial charge in [-0.1, -0.05) is 36.4 Å². The van der Waals surface area contributed by atoms with Crippen LogP contribution in [0.3, 0.4) is 0 Å². The molecule has 1 atom stereocenters. The van der Waals surface area contributed by atoms with Gasteiger partial charge in [-0.2, -0.15) is 0 Å². The molecule has 1 aliphatic rings. The Morgan fingerprint density at radius 3 is 2.54 bits per heavy atom. The van der Waals surface area contributed by atoms with Gasteiger partial charge >= 0.3 is 12.0 Å². The number of nitrogens with zero attached hydrogens (tertiary/aromatic N) is 1. The number of amides is 2. The van der Waals surface area contributed by atoms with E-state index in [0.29, 0.717) is 25.3 Å². The number of carbonyl (C=O) groups is 2. The third kappa shape index (κ3) is 3.96. The largest absolute Gasteiger partial charge is 0.481 e. The zero-order valence-corrected chi connectivity index (χ0v) is 14.6. The van der Waals surface area contributed by atoms with Crippen LogP contribution < -0.4 is 10.1 Å². The lowest BCUT2D eigenvalue weighted by Crippen LogP contribution is -2.40. The van der Waals surface area contributed by atoms with Crippen molar-refractivity contribution in [2.75, 3.05) is 13.1 Å². The van der Waals surface area contributed by atoms with E-state index >= 15 is 0 Å². The van der Waals surface area contributed by atoms with Crippen molar-refractivity contribution in [3.05, 3.63) is 60.2 Å². The number of benzene rings is 2. The molecule has 0 radical (unpaired) electrons. The standard InChI is InChI=1S/C20H22N2O4/c1-20(18(23)24)11-12-22(14-20)19(25)21-13-15-7-5-6-10-17(15)26-16-8-3-2-4-9-16/h2-10H,11-14H2,1H3,(H,21,25)(H,23,24). The Morgan fingerprint density at radius 1 is 1.15 bits per heavy atom. The average molecular weight is 354 g/mol. The van der Waals surface area contributed by atoms with Gasteiger partial charge in [-0.3, -0.25) is 4.79 Å². The summed E-state index contributed by atoms with van der Waals surface area (Å²) in [6, 6.07) is 16.7. The molecule has 1 unspecified atom stereocenters. The molecule has 26 heavy (non-hydrogen) atoms. The van der Waals surface area contributed by atoms with E-state index in [1.165, 1.54) is 0 Å². The lowest BCUT2D eigenvalue weighted by molar-refractivity contribution is -0.147. The van der Waals surface area contributed by atoms with Crippen molar-refractivity contribution in [2.45, 2.75) is 19.9 Å². The Hall–Kier alpha value is -3.02. The minimum atomic E-state index is -0.869. The Bertz CT molecular complexity index is 793. The van der Waals surface area contributed by atoms with Crippen LogP contribution in [0.2, 0.25) is 0 Å². The van der Waals surface area contributed by atoms with E-state index in [4.69, 9.17) is 4.74 Å². The first-order chi connectivity index (χ1) is 12.5. The van der Waals surface area contributed by atoms with E-state index in [0.717, 1.165) is 11.3 Å². The second-order valence-corrected chi connectivity index (χ2v) is 6.72. The van der Waals surface area contributed by atoms with Gasteiger partial charge in [0.1, 0.15) is 11.5 Å². The summed E-state index contributed by atoms with van der Waals surface area (Å²) in [6.07, 6.45) is 0.462. The maximum absolute atomic E-state index is 12.4. The summed E-state index contributed by atoms with van der Waals surface area (Å²) < 4.78 is 5.89. The maximum Gasteiger partial charge on any atom is 0.317 e. The molecule has 0 spiro atoms. The smallest absolute Gasteiger partial charge is 0.317 e. The van der Waals surface area contributed by atoms with Crippen LogP contribution in [-0.2, 0) is 11.3 Å². The molecule has 0 bridgehead atoms. The molecule has 2 aromatic carbocycles. The number of para-hydroxylation sites is 2. The highest BCUT2D eigenvalue weighted by atomic mass is 16.5. The molecule has 1 fully saturated rings. The first kappa shape index (κ1) is 17.8. The molecule has 6 nitrogen and oxygen atoms in total. The molecule has 0 saturated carbocycles. The summed E-state index contributed by atoms with van der Waals surface area (Å²) in [7, 11) is 0. The summed E-state index contributed by atoms with van der Waals surface area (Å²) in [5.41, 5.74) is -0.0176. The SMILES string of the molecule is CC1(C(=O)O)CCN(C(=O)NCc2ccccc2Oc2ccccc2)C1. The van der Waals surface area contributed by atoms with Gasteiger partial charge in [-0.05, 0) is 31.5 Å². The van der Waals surface area contributed by atoms with Gasteiger partial charge in [-0.15, -0.1) is 0 Å². The van der Waals surface area contributed by atoms with Gasteiger partial charge in [0.25, 0.3) is 0 Å². The third-order valence-corrected chi connectivity index (χ3v) is 4.65. The molecule has 3 rings (SSSR count). The van der Waals surface area contributed by atoms with E-state index in [1.54, 1.807) is 11.8 Å². The molecule has 6 heteroatoms. The van der Waals surface area contributed by atoms with Gasteiger partial charge in [0.2, 0.25) is 0 Å². The molecule has 2 amide bonds. The van der Waals surface area contributed by atoms with E-state index in [9.17, 15) is 14.7 Å². The molecule has 136 valence electrons. The highest BCUT2D eigenvalue weighted by Gasteiger charge is 2.42. The molecular formula is C20H22N2O4. The highest BCUT2D eigenvalue weighted by molar-refractivity contribution is 5.79. The van der Waals surface area contributed by atoms with E-state index in [1.807, 2.05) is 54.6 Å². The van der Waals surface area contributed by atoms with Gasteiger partial charge in [0.05, 0.1) is 5.41 Å². The van der Waals surface area contributed by atoms with E-state index in [-0.39, 0.29) is 12.6 Å². The zero-order chi connectivity index (χ0) is 18.6. The lowest BCUT2D eigenvalue weighted by Gasteiger charge is -2.21. The van der Waals surface area contributed by atoms with Crippen molar-refractivity contribution >= 4 is 12.0 Å². The summed E-state index contributed by atoms with van der Waals surface area (Å²) >= 11 is 0. The van der Waals surface area contributed by atoms with Gasteiger partial charge < -0.3 is 20.1 Å². The van der Waals surface area contributed by atoms with Crippen LogP contribution >= 0.6 is 0 Å². The number of carbonyl (C=O) groups excluding carboxylic acids is 1. The van der Waals surface area contributed by atoms with Gasteiger partial charge in [-0.25, -0.2) is 4.79 Å². The minimum absolute atomic E-state index is 0.219. The first-order valence-electron chi connectivity index (χ1n) is 8.55. The molecule has 1 heterocycles. The Balaban J connectivity index is 1.62. The number of ether oxygens (including phenoxy) is 1.